The topological polar surface area (TPSA) is 98.0 Å². The van der Waals surface area contributed by atoms with Gasteiger partial charge in [-0.1, -0.05) is 30.3 Å². The Labute approximate surface area is 164 Å². The summed E-state index contributed by atoms with van der Waals surface area (Å²) in [5.41, 5.74) is 6.46. The minimum atomic E-state index is -4.50. The lowest BCUT2D eigenvalue weighted by atomic mass is 10.1. The van der Waals surface area contributed by atoms with Gasteiger partial charge in [-0.2, -0.15) is 13.2 Å². The standard InChI is InChI=1S/C20H17F3N4O2/c21-20(22,23)13-5-3-4-12(8-13)9-18(28)27-17(19(24)29)10-14-11-25-15-6-1-2-7-16(15)26-14/h1-8,11,17H,9-10H2,(H2,24,29)(H,27,28)/t17-/m1/s1. The molecule has 0 unspecified atom stereocenters. The Kier molecular flexibility index (Phi) is 5.76. The van der Waals surface area contributed by atoms with Crippen LogP contribution in [0.15, 0.2) is 54.7 Å². The largest absolute Gasteiger partial charge is 0.416 e. The molecule has 9 heteroatoms. The number of para-hydroxylation sites is 2. The van der Waals surface area contributed by atoms with Crippen LogP contribution < -0.4 is 11.1 Å². The molecule has 2 amide bonds. The van der Waals surface area contributed by atoms with Crippen molar-refractivity contribution in [1.29, 1.82) is 0 Å². The van der Waals surface area contributed by atoms with Crippen LogP contribution in [0, 0.1) is 0 Å². The van der Waals surface area contributed by atoms with Crippen molar-refractivity contribution in [3.8, 4) is 0 Å². The van der Waals surface area contributed by atoms with Crippen LogP contribution in [0.4, 0.5) is 13.2 Å². The fourth-order valence-corrected chi connectivity index (χ4v) is 2.81. The summed E-state index contributed by atoms with van der Waals surface area (Å²) in [7, 11) is 0. The van der Waals surface area contributed by atoms with Crippen LogP contribution in [-0.4, -0.2) is 27.8 Å². The zero-order valence-corrected chi connectivity index (χ0v) is 15.1. The number of nitrogens with zero attached hydrogens (tertiary/aromatic N) is 2. The average Bonchev–Trinajstić information content (AvgIpc) is 2.67. The van der Waals surface area contributed by atoms with E-state index in [1.165, 1.54) is 18.3 Å². The summed E-state index contributed by atoms with van der Waals surface area (Å²) in [5.74, 6) is -1.40. The Balaban J connectivity index is 1.70. The number of rotatable bonds is 6. The van der Waals surface area contributed by atoms with E-state index in [2.05, 4.69) is 15.3 Å². The van der Waals surface area contributed by atoms with Crippen LogP contribution in [0.25, 0.3) is 11.0 Å². The summed E-state index contributed by atoms with van der Waals surface area (Å²) < 4.78 is 38.4. The first-order valence-electron chi connectivity index (χ1n) is 8.68. The van der Waals surface area contributed by atoms with Gasteiger partial charge >= 0.3 is 6.18 Å². The van der Waals surface area contributed by atoms with E-state index in [0.29, 0.717) is 16.7 Å². The number of benzene rings is 2. The molecule has 3 N–H and O–H groups in total. The second-order valence-corrected chi connectivity index (χ2v) is 6.45. The predicted octanol–water partition coefficient (Wildman–Crippen LogP) is 2.40. The van der Waals surface area contributed by atoms with Crippen LogP contribution in [0.1, 0.15) is 16.8 Å². The molecule has 0 spiro atoms. The number of nitrogens with two attached hydrogens (primary N) is 1. The number of halogens is 3. The molecule has 0 aliphatic heterocycles. The maximum absolute atomic E-state index is 12.8. The first-order chi connectivity index (χ1) is 13.7. The number of amides is 2. The van der Waals surface area contributed by atoms with Crippen molar-refractivity contribution in [3.63, 3.8) is 0 Å². The molecule has 0 aliphatic rings. The number of aromatic nitrogens is 2. The number of fused-ring (bicyclic) bond motifs is 1. The quantitative estimate of drug-likeness (QED) is 0.662. The van der Waals surface area contributed by atoms with Gasteiger partial charge in [-0.25, -0.2) is 4.98 Å². The monoisotopic (exact) mass is 402 g/mol. The number of carbonyl (C=O) groups is 2. The zero-order valence-electron chi connectivity index (χ0n) is 15.1. The third-order valence-corrected chi connectivity index (χ3v) is 4.21. The van der Waals surface area contributed by atoms with Crippen LogP contribution in [0.2, 0.25) is 0 Å². The number of carbonyl (C=O) groups excluding carboxylic acids is 2. The summed E-state index contributed by atoms with van der Waals surface area (Å²) in [6.07, 6.45) is -3.33. The SMILES string of the molecule is NC(=O)[C@@H](Cc1cnc2ccccc2n1)NC(=O)Cc1cccc(C(F)(F)F)c1. The number of nitrogens with one attached hydrogen (secondary N) is 1. The molecule has 29 heavy (non-hydrogen) atoms. The molecule has 150 valence electrons. The highest BCUT2D eigenvalue weighted by atomic mass is 19.4. The molecule has 3 rings (SSSR count). The first-order valence-corrected chi connectivity index (χ1v) is 8.68. The molecule has 1 atom stereocenters. The Morgan fingerprint density at radius 1 is 1.07 bits per heavy atom. The second-order valence-electron chi connectivity index (χ2n) is 6.45. The number of hydrogen-bond acceptors (Lipinski definition) is 4. The predicted molar refractivity (Wildman–Crippen MR) is 99.5 cm³/mol. The van der Waals surface area contributed by atoms with Crippen LogP contribution in [0.5, 0.6) is 0 Å². The number of primary amides is 1. The molecule has 2 aromatic carbocycles. The fraction of sp³-hybridized carbons (Fsp3) is 0.200. The molecule has 6 nitrogen and oxygen atoms in total. The van der Waals surface area contributed by atoms with Gasteiger partial charge in [-0.05, 0) is 23.8 Å². The van der Waals surface area contributed by atoms with Gasteiger partial charge in [0.1, 0.15) is 6.04 Å². The molecule has 1 heterocycles. The lowest BCUT2D eigenvalue weighted by molar-refractivity contribution is -0.137. The zero-order chi connectivity index (χ0) is 21.0. The summed E-state index contributed by atoms with van der Waals surface area (Å²) >= 11 is 0. The summed E-state index contributed by atoms with van der Waals surface area (Å²) in [6, 6.07) is 10.5. The lowest BCUT2D eigenvalue weighted by Crippen LogP contribution is -2.46. The highest BCUT2D eigenvalue weighted by Crippen LogP contribution is 2.29. The van der Waals surface area contributed by atoms with Gasteiger partial charge in [0.15, 0.2) is 0 Å². The molecule has 0 fully saturated rings. The Bertz CT molecular complexity index is 1050. The molecule has 0 aliphatic carbocycles. The van der Waals surface area contributed by atoms with Gasteiger partial charge in [-0.3, -0.25) is 14.6 Å². The van der Waals surface area contributed by atoms with Crippen LogP contribution >= 0.6 is 0 Å². The highest BCUT2D eigenvalue weighted by molar-refractivity contribution is 5.87. The third-order valence-electron chi connectivity index (χ3n) is 4.21. The smallest absolute Gasteiger partial charge is 0.368 e. The fourth-order valence-electron chi connectivity index (χ4n) is 2.81. The molecule has 0 radical (unpaired) electrons. The van der Waals surface area contributed by atoms with E-state index in [4.69, 9.17) is 5.73 Å². The molecular formula is C20H17F3N4O2. The highest BCUT2D eigenvalue weighted by Gasteiger charge is 2.30. The van der Waals surface area contributed by atoms with E-state index in [9.17, 15) is 22.8 Å². The third kappa shape index (κ3) is 5.28. The van der Waals surface area contributed by atoms with Crippen molar-refractivity contribution in [3.05, 3.63) is 71.5 Å². The molecular weight excluding hydrogens is 385 g/mol. The molecule has 0 saturated heterocycles. The van der Waals surface area contributed by atoms with E-state index in [-0.39, 0.29) is 18.4 Å². The average molecular weight is 402 g/mol. The van der Waals surface area contributed by atoms with Crippen molar-refractivity contribution in [2.45, 2.75) is 25.1 Å². The van der Waals surface area contributed by atoms with Crippen molar-refractivity contribution in [1.82, 2.24) is 15.3 Å². The first kappa shape index (κ1) is 20.2. The lowest BCUT2D eigenvalue weighted by Gasteiger charge is -2.16. The molecule has 1 aromatic heterocycles. The van der Waals surface area contributed by atoms with Gasteiger partial charge in [0.05, 0.1) is 28.7 Å². The van der Waals surface area contributed by atoms with Gasteiger partial charge in [0, 0.05) is 12.6 Å². The van der Waals surface area contributed by atoms with E-state index >= 15 is 0 Å². The maximum Gasteiger partial charge on any atom is 0.416 e. The van der Waals surface area contributed by atoms with Crippen LogP contribution in [0.3, 0.4) is 0 Å². The van der Waals surface area contributed by atoms with Crippen molar-refractivity contribution in [2.24, 2.45) is 5.73 Å². The van der Waals surface area contributed by atoms with E-state index < -0.39 is 29.6 Å². The summed E-state index contributed by atoms with van der Waals surface area (Å²) in [5, 5.41) is 2.46. The molecule has 3 aromatic rings. The van der Waals surface area contributed by atoms with E-state index in [1.807, 2.05) is 6.07 Å². The van der Waals surface area contributed by atoms with Gasteiger partial charge in [-0.15, -0.1) is 0 Å². The summed E-state index contributed by atoms with van der Waals surface area (Å²) in [6.45, 7) is 0. The Morgan fingerprint density at radius 2 is 1.79 bits per heavy atom. The van der Waals surface area contributed by atoms with Crippen molar-refractivity contribution in [2.75, 3.05) is 0 Å². The molecule has 0 saturated carbocycles. The van der Waals surface area contributed by atoms with Gasteiger partial charge in [0.2, 0.25) is 11.8 Å². The molecule has 0 bridgehead atoms. The van der Waals surface area contributed by atoms with Crippen molar-refractivity contribution >= 4 is 22.8 Å². The van der Waals surface area contributed by atoms with Crippen LogP contribution in [-0.2, 0) is 28.6 Å². The maximum atomic E-state index is 12.8. The number of alkyl halides is 3. The second kappa shape index (κ2) is 8.26. The Morgan fingerprint density at radius 3 is 2.48 bits per heavy atom. The van der Waals surface area contributed by atoms with Gasteiger partial charge in [0.25, 0.3) is 0 Å². The van der Waals surface area contributed by atoms with Gasteiger partial charge < -0.3 is 11.1 Å². The van der Waals surface area contributed by atoms with E-state index in [0.717, 1.165) is 12.1 Å². The minimum Gasteiger partial charge on any atom is -0.368 e. The number of hydrogen-bond donors (Lipinski definition) is 2. The van der Waals surface area contributed by atoms with Crippen molar-refractivity contribution < 1.29 is 22.8 Å². The normalized spacial score (nSPS) is 12.5. The minimum absolute atomic E-state index is 0.0154. The Hall–Kier alpha value is -3.49. The summed E-state index contributed by atoms with van der Waals surface area (Å²) in [4.78, 5) is 32.6. The van der Waals surface area contributed by atoms with E-state index in [1.54, 1.807) is 18.2 Å².